The first-order valence-corrected chi connectivity index (χ1v) is 8.84. The van der Waals surface area contributed by atoms with Crippen molar-refractivity contribution in [1.82, 2.24) is 14.7 Å². The molecule has 7 nitrogen and oxygen atoms in total. The molecule has 2 aliphatic rings. The number of rotatable bonds is 3. The Balaban J connectivity index is 1.41. The number of nitrogens with zero attached hydrogens (tertiary/aromatic N) is 3. The fraction of sp³-hybridized carbons (Fsp3) is 0.421. The number of aromatic nitrogens is 2. The molecule has 136 valence electrons. The lowest BCUT2D eigenvalue weighted by molar-refractivity contribution is 0.0647. The summed E-state index contributed by atoms with van der Waals surface area (Å²) >= 11 is 0. The Morgan fingerprint density at radius 1 is 1.08 bits per heavy atom. The predicted octanol–water partition coefficient (Wildman–Crippen LogP) is 1.93. The van der Waals surface area contributed by atoms with Gasteiger partial charge < -0.3 is 14.4 Å². The van der Waals surface area contributed by atoms with Crippen molar-refractivity contribution in [2.75, 3.05) is 26.3 Å². The maximum Gasteiger partial charge on any atom is 0.253 e. The number of Topliss-reactive ketones (excluding diaryl/α,β-unsaturated/α-hetero) is 1. The average Bonchev–Trinajstić information content (AvgIpc) is 3.12. The monoisotopic (exact) mass is 355 g/mol. The third-order valence-electron chi connectivity index (χ3n) is 5.02. The molecule has 26 heavy (non-hydrogen) atoms. The lowest BCUT2D eigenvalue weighted by atomic mass is 9.90. The van der Waals surface area contributed by atoms with Crippen molar-refractivity contribution >= 4 is 11.7 Å². The fourth-order valence-electron chi connectivity index (χ4n) is 3.53. The van der Waals surface area contributed by atoms with Crippen LogP contribution in [-0.4, -0.2) is 52.7 Å². The van der Waals surface area contributed by atoms with Crippen LogP contribution < -0.4 is 9.47 Å². The zero-order chi connectivity index (χ0) is 18.1. The number of fused-ring (bicyclic) bond motifs is 1. The van der Waals surface area contributed by atoms with Crippen molar-refractivity contribution in [1.29, 1.82) is 0 Å². The second-order valence-electron chi connectivity index (χ2n) is 6.63. The molecule has 2 aromatic rings. The molecule has 4 rings (SSSR count). The Labute approximate surface area is 151 Å². The van der Waals surface area contributed by atoms with Gasteiger partial charge in [0.1, 0.15) is 18.9 Å². The van der Waals surface area contributed by atoms with E-state index in [4.69, 9.17) is 9.47 Å². The number of carbonyl (C=O) groups excluding carboxylic acids is 2. The number of benzene rings is 1. The number of ketones is 1. The largest absolute Gasteiger partial charge is 0.486 e. The molecule has 0 aliphatic carbocycles. The van der Waals surface area contributed by atoms with Crippen molar-refractivity contribution in [2.45, 2.75) is 12.8 Å². The van der Waals surface area contributed by atoms with Crippen LogP contribution in [0.1, 0.15) is 33.7 Å². The third kappa shape index (κ3) is 3.05. The van der Waals surface area contributed by atoms with Crippen molar-refractivity contribution < 1.29 is 19.1 Å². The quantitative estimate of drug-likeness (QED) is 0.787. The van der Waals surface area contributed by atoms with E-state index < -0.39 is 0 Å². The third-order valence-corrected chi connectivity index (χ3v) is 5.02. The molecule has 0 saturated carbocycles. The Kier molecular flexibility index (Phi) is 4.36. The van der Waals surface area contributed by atoms with E-state index in [-0.39, 0.29) is 17.6 Å². The number of hydrogen-bond acceptors (Lipinski definition) is 5. The number of amides is 1. The van der Waals surface area contributed by atoms with E-state index in [1.807, 2.05) is 0 Å². The molecule has 0 radical (unpaired) electrons. The van der Waals surface area contributed by atoms with Crippen molar-refractivity contribution in [3.8, 4) is 11.5 Å². The Morgan fingerprint density at radius 3 is 2.50 bits per heavy atom. The van der Waals surface area contributed by atoms with Gasteiger partial charge in [0.05, 0.1) is 0 Å². The van der Waals surface area contributed by atoms with Gasteiger partial charge in [-0.15, -0.1) is 0 Å². The van der Waals surface area contributed by atoms with E-state index in [2.05, 4.69) is 5.10 Å². The first-order valence-electron chi connectivity index (χ1n) is 8.84. The molecule has 2 aliphatic heterocycles. The van der Waals surface area contributed by atoms with E-state index in [1.165, 1.54) is 0 Å². The van der Waals surface area contributed by atoms with Crippen LogP contribution >= 0.6 is 0 Å². The minimum absolute atomic E-state index is 0.0339. The second-order valence-corrected chi connectivity index (χ2v) is 6.63. The number of likely N-dealkylation sites (tertiary alicyclic amines) is 1. The van der Waals surface area contributed by atoms with E-state index in [9.17, 15) is 9.59 Å². The van der Waals surface area contributed by atoms with Crippen LogP contribution in [0.2, 0.25) is 0 Å². The highest BCUT2D eigenvalue weighted by molar-refractivity contribution is 5.97. The van der Waals surface area contributed by atoms with Crippen LogP contribution in [0.25, 0.3) is 0 Å². The van der Waals surface area contributed by atoms with Gasteiger partial charge in [0.15, 0.2) is 17.3 Å². The number of hydrogen-bond donors (Lipinski definition) is 0. The van der Waals surface area contributed by atoms with Crippen LogP contribution in [0, 0.1) is 5.92 Å². The van der Waals surface area contributed by atoms with Gasteiger partial charge in [0, 0.05) is 37.8 Å². The van der Waals surface area contributed by atoms with E-state index >= 15 is 0 Å². The number of carbonyl (C=O) groups is 2. The summed E-state index contributed by atoms with van der Waals surface area (Å²) in [6.45, 7) is 2.16. The molecule has 0 atom stereocenters. The molecule has 7 heteroatoms. The molecule has 1 saturated heterocycles. The molecular formula is C19H21N3O4. The molecule has 1 amide bonds. The summed E-state index contributed by atoms with van der Waals surface area (Å²) in [7, 11) is 1.77. The molecule has 1 aromatic heterocycles. The van der Waals surface area contributed by atoms with Crippen LogP contribution in [0.3, 0.4) is 0 Å². The van der Waals surface area contributed by atoms with Gasteiger partial charge in [0.2, 0.25) is 0 Å². The van der Waals surface area contributed by atoms with Crippen LogP contribution in [0.5, 0.6) is 11.5 Å². The predicted molar refractivity (Wildman–Crippen MR) is 93.6 cm³/mol. The zero-order valence-corrected chi connectivity index (χ0v) is 14.7. The second kappa shape index (κ2) is 6.82. The summed E-state index contributed by atoms with van der Waals surface area (Å²) < 4.78 is 12.7. The summed E-state index contributed by atoms with van der Waals surface area (Å²) in [4.78, 5) is 27.2. The molecule has 0 bridgehead atoms. The Hall–Kier alpha value is -2.83. The van der Waals surface area contributed by atoms with Gasteiger partial charge in [-0.05, 0) is 37.1 Å². The van der Waals surface area contributed by atoms with E-state index in [0.29, 0.717) is 61.9 Å². The first kappa shape index (κ1) is 16.6. The van der Waals surface area contributed by atoms with E-state index in [1.54, 1.807) is 47.1 Å². The standard InChI is InChI=1S/C19H21N3O4/c1-21-15(4-7-20-21)18(23)13-5-8-22(9-6-13)19(24)14-2-3-16-17(12-14)26-11-10-25-16/h2-4,7,12-13H,5-6,8-11H2,1H3. The Bertz CT molecular complexity index is 837. The minimum atomic E-state index is -0.0604. The molecule has 0 N–H and O–H groups in total. The normalized spacial score (nSPS) is 17.2. The van der Waals surface area contributed by atoms with Gasteiger partial charge in [-0.25, -0.2) is 0 Å². The van der Waals surface area contributed by atoms with Gasteiger partial charge >= 0.3 is 0 Å². The summed E-state index contributed by atoms with van der Waals surface area (Å²) in [5, 5.41) is 4.06. The van der Waals surface area contributed by atoms with Crippen molar-refractivity contribution in [2.24, 2.45) is 13.0 Å². The van der Waals surface area contributed by atoms with Crippen molar-refractivity contribution in [3.63, 3.8) is 0 Å². The lowest BCUT2D eigenvalue weighted by Crippen LogP contribution is -2.40. The maximum absolute atomic E-state index is 12.8. The summed E-state index contributed by atoms with van der Waals surface area (Å²) in [6, 6.07) is 7.03. The highest BCUT2D eigenvalue weighted by Crippen LogP contribution is 2.31. The minimum Gasteiger partial charge on any atom is -0.486 e. The molecule has 0 spiro atoms. The number of ether oxygens (including phenoxy) is 2. The van der Waals surface area contributed by atoms with E-state index in [0.717, 1.165) is 0 Å². The first-order chi connectivity index (χ1) is 12.6. The molecule has 3 heterocycles. The zero-order valence-electron chi connectivity index (χ0n) is 14.7. The fourth-order valence-corrected chi connectivity index (χ4v) is 3.53. The summed E-state index contributed by atoms with van der Waals surface area (Å²) in [5.41, 5.74) is 1.22. The Morgan fingerprint density at radius 2 is 1.81 bits per heavy atom. The number of piperidine rings is 1. The average molecular weight is 355 g/mol. The lowest BCUT2D eigenvalue weighted by Gasteiger charge is -2.31. The van der Waals surface area contributed by atoms with Crippen LogP contribution in [0.4, 0.5) is 0 Å². The van der Waals surface area contributed by atoms with Gasteiger partial charge in [-0.1, -0.05) is 0 Å². The molecular weight excluding hydrogens is 334 g/mol. The van der Waals surface area contributed by atoms with Crippen molar-refractivity contribution in [3.05, 3.63) is 41.7 Å². The number of aryl methyl sites for hydroxylation is 1. The molecule has 0 unspecified atom stereocenters. The highest BCUT2D eigenvalue weighted by Gasteiger charge is 2.30. The van der Waals surface area contributed by atoms with Gasteiger partial charge in [-0.2, -0.15) is 5.10 Å². The highest BCUT2D eigenvalue weighted by atomic mass is 16.6. The summed E-state index contributed by atoms with van der Waals surface area (Å²) in [5.74, 6) is 1.30. The maximum atomic E-state index is 12.8. The van der Waals surface area contributed by atoms with Gasteiger partial charge in [0.25, 0.3) is 5.91 Å². The smallest absolute Gasteiger partial charge is 0.253 e. The molecule has 1 fully saturated rings. The van der Waals surface area contributed by atoms with Gasteiger partial charge in [-0.3, -0.25) is 14.3 Å². The SMILES string of the molecule is Cn1nccc1C(=O)C1CCN(C(=O)c2ccc3c(c2)OCCO3)CC1. The summed E-state index contributed by atoms with van der Waals surface area (Å²) in [6.07, 6.45) is 2.97. The van der Waals surface area contributed by atoms with Crippen LogP contribution in [-0.2, 0) is 7.05 Å². The topological polar surface area (TPSA) is 73.7 Å². The molecule has 1 aromatic carbocycles. The van der Waals surface area contributed by atoms with Crippen LogP contribution in [0.15, 0.2) is 30.5 Å².